The maximum atomic E-state index is 10.8. The van der Waals surface area contributed by atoms with Gasteiger partial charge in [-0.3, -0.25) is 0 Å². The Morgan fingerprint density at radius 3 is 2.12 bits per heavy atom. The molecule has 1 heteroatoms. The van der Waals surface area contributed by atoms with E-state index in [9.17, 15) is 5.26 Å². The van der Waals surface area contributed by atoms with Crippen LogP contribution in [-0.2, 0) is 5.41 Å². The highest BCUT2D eigenvalue weighted by molar-refractivity contribution is 6.00. The first-order chi connectivity index (χ1) is 16.4. The number of nitrogens with zero attached hydrogens (tertiary/aromatic N) is 1. The zero-order chi connectivity index (χ0) is 22.3. The van der Waals surface area contributed by atoms with Crippen LogP contribution in [0.5, 0.6) is 0 Å². The van der Waals surface area contributed by atoms with Gasteiger partial charge in [-0.2, -0.15) is 5.26 Å². The molecule has 4 aromatic rings. The summed E-state index contributed by atoms with van der Waals surface area (Å²) in [5, 5.41) is 13.1. The number of benzene rings is 4. The average Bonchev–Trinajstić information content (AvgIpc) is 3.00. The zero-order valence-corrected chi connectivity index (χ0v) is 18.1. The van der Waals surface area contributed by atoms with Gasteiger partial charge in [-0.05, 0) is 44.2 Å². The van der Waals surface area contributed by atoms with E-state index in [4.69, 9.17) is 0 Å². The van der Waals surface area contributed by atoms with Gasteiger partial charge in [-0.1, -0.05) is 127 Å². The second-order valence-electron chi connectivity index (χ2n) is 8.42. The van der Waals surface area contributed by atoms with Crippen LogP contribution in [0, 0.1) is 11.3 Å². The van der Waals surface area contributed by atoms with Gasteiger partial charge in [0.15, 0.2) is 0 Å². The van der Waals surface area contributed by atoms with Crippen molar-refractivity contribution in [3.05, 3.63) is 155 Å². The summed E-state index contributed by atoms with van der Waals surface area (Å²) in [6.07, 6.45) is 12.1. The van der Waals surface area contributed by atoms with Gasteiger partial charge in [0.25, 0.3) is 0 Å². The molecular weight excluding hydrogens is 398 g/mol. The maximum Gasteiger partial charge on any atom is 0.0970 e. The summed E-state index contributed by atoms with van der Waals surface area (Å²) < 4.78 is 0. The molecule has 0 saturated carbocycles. The fraction of sp³-hybridized carbons (Fsp3) is 0.0312. The van der Waals surface area contributed by atoms with Gasteiger partial charge in [0.2, 0.25) is 0 Å². The van der Waals surface area contributed by atoms with Gasteiger partial charge in [0.1, 0.15) is 0 Å². The van der Waals surface area contributed by atoms with Crippen molar-refractivity contribution >= 4 is 10.8 Å². The Balaban J connectivity index is 1.88. The third-order valence-corrected chi connectivity index (χ3v) is 6.79. The minimum atomic E-state index is -0.711. The molecule has 6 rings (SSSR count). The summed E-state index contributed by atoms with van der Waals surface area (Å²) in [6.45, 7) is 0. The molecule has 0 bridgehead atoms. The lowest BCUT2D eigenvalue weighted by Gasteiger charge is -2.34. The number of allylic oxidation sites excluding steroid dienone is 8. The number of rotatable bonds is 2. The predicted molar refractivity (Wildman–Crippen MR) is 136 cm³/mol. The third-order valence-electron chi connectivity index (χ3n) is 6.79. The molecule has 0 amide bonds. The molecule has 2 aliphatic rings. The molecule has 0 spiro atoms. The molecule has 0 fully saturated rings. The summed E-state index contributed by atoms with van der Waals surface area (Å²) >= 11 is 0. The van der Waals surface area contributed by atoms with Gasteiger partial charge in [-0.15, -0.1) is 0 Å². The standard InChI is InChI=1S/C32H21N/c33-22-30(24-13-4-1-2-5-14-24)32(25-15-6-3-7-16-25)29-19-11-10-18-27(29)28-21-20-23-12-8-9-17-26(23)31(28)32/h1-21H. The Bertz CT molecular complexity index is 1540. The monoisotopic (exact) mass is 419 g/mol. The molecule has 0 heterocycles. The molecule has 4 aromatic carbocycles. The van der Waals surface area contributed by atoms with Crippen LogP contribution in [-0.4, -0.2) is 0 Å². The summed E-state index contributed by atoms with van der Waals surface area (Å²) in [6, 6.07) is 34.7. The molecule has 1 atom stereocenters. The smallest absolute Gasteiger partial charge is 0.0970 e. The van der Waals surface area contributed by atoms with Crippen molar-refractivity contribution in [3.8, 4) is 17.2 Å². The van der Waals surface area contributed by atoms with Gasteiger partial charge in [0, 0.05) is 0 Å². The van der Waals surface area contributed by atoms with Gasteiger partial charge >= 0.3 is 0 Å². The van der Waals surface area contributed by atoms with Crippen LogP contribution in [0.4, 0.5) is 0 Å². The normalized spacial score (nSPS) is 18.0. The highest BCUT2D eigenvalue weighted by Crippen LogP contribution is 2.58. The molecule has 0 radical (unpaired) electrons. The molecule has 154 valence electrons. The minimum Gasteiger partial charge on any atom is -0.193 e. The van der Waals surface area contributed by atoms with Crippen molar-refractivity contribution in [2.45, 2.75) is 5.41 Å². The fourth-order valence-electron chi connectivity index (χ4n) is 5.51. The molecule has 1 unspecified atom stereocenters. The summed E-state index contributed by atoms with van der Waals surface area (Å²) in [5.74, 6) is 0. The number of hydrogen-bond donors (Lipinski definition) is 0. The van der Waals surface area contributed by atoms with E-state index in [0.29, 0.717) is 0 Å². The van der Waals surface area contributed by atoms with Crippen LogP contribution in [0.3, 0.4) is 0 Å². The van der Waals surface area contributed by atoms with Gasteiger partial charge in [-0.25, -0.2) is 0 Å². The topological polar surface area (TPSA) is 23.8 Å². The quantitative estimate of drug-likeness (QED) is 0.306. The first kappa shape index (κ1) is 19.3. The van der Waals surface area contributed by atoms with Crippen LogP contribution in [0.1, 0.15) is 16.7 Å². The third kappa shape index (κ3) is 2.71. The highest BCUT2D eigenvalue weighted by Gasteiger charge is 2.49. The van der Waals surface area contributed by atoms with Crippen molar-refractivity contribution < 1.29 is 0 Å². The molecule has 1 nitrogen and oxygen atoms in total. The Morgan fingerprint density at radius 2 is 1.33 bits per heavy atom. The van der Waals surface area contributed by atoms with Crippen LogP contribution in [0.2, 0.25) is 0 Å². The zero-order valence-electron chi connectivity index (χ0n) is 18.1. The van der Waals surface area contributed by atoms with E-state index in [2.05, 4.69) is 103 Å². The lowest BCUT2D eigenvalue weighted by molar-refractivity contribution is 0.773. The maximum absolute atomic E-state index is 10.8. The molecule has 0 aliphatic heterocycles. The lowest BCUT2D eigenvalue weighted by atomic mass is 9.65. The van der Waals surface area contributed by atoms with E-state index in [1.807, 2.05) is 30.4 Å². The van der Waals surface area contributed by atoms with E-state index in [1.54, 1.807) is 0 Å². The number of hydrogen-bond acceptors (Lipinski definition) is 1. The first-order valence-corrected chi connectivity index (χ1v) is 11.2. The first-order valence-electron chi connectivity index (χ1n) is 11.2. The van der Waals surface area contributed by atoms with Crippen LogP contribution in [0.25, 0.3) is 21.9 Å². The summed E-state index contributed by atoms with van der Waals surface area (Å²) in [4.78, 5) is 0. The largest absolute Gasteiger partial charge is 0.193 e. The second-order valence-corrected chi connectivity index (χ2v) is 8.42. The molecular formula is C32H21N. The molecule has 33 heavy (non-hydrogen) atoms. The van der Waals surface area contributed by atoms with E-state index in [0.717, 1.165) is 22.3 Å². The number of fused-ring (bicyclic) bond motifs is 5. The van der Waals surface area contributed by atoms with Crippen molar-refractivity contribution in [2.24, 2.45) is 0 Å². The summed E-state index contributed by atoms with van der Waals surface area (Å²) in [7, 11) is 0. The Morgan fingerprint density at radius 1 is 0.636 bits per heavy atom. The fourth-order valence-corrected chi connectivity index (χ4v) is 5.51. The van der Waals surface area contributed by atoms with E-state index in [1.165, 1.54) is 27.5 Å². The molecule has 0 N–H and O–H groups in total. The summed E-state index contributed by atoms with van der Waals surface area (Å²) in [5.41, 5.74) is 6.81. The Hall–Kier alpha value is -4.41. The second kappa shape index (κ2) is 7.62. The molecule has 0 aromatic heterocycles. The van der Waals surface area contributed by atoms with E-state index >= 15 is 0 Å². The highest BCUT2D eigenvalue weighted by atomic mass is 14.5. The van der Waals surface area contributed by atoms with Crippen LogP contribution < -0.4 is 0 Å². The van der Waals surface area contributed by atoms with Gasteiger partial charge < -0.3 is 0 Å². The van der Waals surface area contributed by atoms with Crippen molar-refractivity contribution in [3.63, 3.8) is 0 Å². The molecule has 0 saturated heterocycles. The van der Waals surface area contributed by atoms with Crippen LogP contribution in [0.15, 0.2) is 139 Å². The average molecular weight is 420 g/mol. The van der Waals surface area contributed by atoms with Crippen molar-refractivity contribution in [1.29, 1.82) is 5.26 Å². The van der Waals surface area contributed by atoms with Crippen LogP contribution >= 0.6 is 0 Å². The van der Waals surface area contributed by atoms with Gasteiger partial charge in [0.05, 0.1) is 17.1 Å². The SMILES string of the molecule is N#CC(=C1C=CC=CC=C1)C1(c2ccccc2)c2ccccc2-c2ccc3ccccc3c21. The van der Waals surface area contributed by atoms with Crippen molar-refractivity contribution in [1.82, 2.24) is 0 Å². The van der Waals surface area contributed by atoms with E-state index in [-0.39, 0.29) is 0 Å². The predicted octanol–water partition coefficient (Wildman–Crippen LogP) is 7.66. The number of nitriles is 1. The lowest BCUT2D eigenvalue weighted by Crippen LogP contribution is -2.30. The molecule has 2 aliphatic carbocycles. The Labute approximate surface area is 193 Å². The van der Waals surface area contributed by atoms with E-state index < -0.39 is 5.41 Å². The Kier molecular flexibility index (Phi) is 4.45. The van der Waals surface area contributed by atoms with Crippen molar-refractivity contribution in [2.75, 3.05) is 0 Å². The minimum absolute atomic E-state index is 0.711.